The Morgan fingerprint density at radius 1 is 1.64 bits per heavy atom. The van der Waals surface area contributed by atoms with Gasteiger partial charge in [-0.1, -0.05) is 18.2 Å². The highest BCUT2D eigenvalue weighted by Gasteiger charge is 1.97. The second-order valence-corrected chi connectivity index (χ2v) is 2.18. The highest BCUT2D eigenvalue weighted by atomic mass is 14.9. The second kappa shape index (κ2) is 5.74. The van der Waals surface area contributed by atoms with Crippen molar-refractivity contribution in [3.63, 3.8) is 0 Å². The topological polar surface area (TPSA) is 38.0 Å². The van der Waals surface area contributed by atoms with Gasteiger partial charge in [-0.25, -0.2) is 0 Å². The fourth-order valence-electron chi connectivity index (χ4n) is 0.733. The van der Waals surface area contributed by atoms with E-state index < -0.39 is 0 Å². The number of hydrogen-bond acceptors (Lipinski definition) is 2. The van der Waals surface area contributed by atoms with E-state index in [-0.39, 0.29) is 0 Å². The quantitative estimate of drug-likeness (QED) is 0.554. The number of nitrogens with one attached hydrogen (secondary N) is 1. The van der Waals surface area contributed by atoms with Crippen LogP contribution in [0.25, 0.3) is 0 Å². The maximum atomic E-state index is 4.50. The van der Waals surface area contributed by atoms with Crippen molar-refractivity contribution in [2.75, 3.05) is 7.05 Å². The molecule has 1 atom stereocenters. The number of rotatable bonds is 1. The zero-order valence-corrected chi connectivity index (χ0v) is 7.17. The molecule has 1 unspecified atom stereocenters. The summed E-state index contributed by atoms with van der Waals surface area (Å²) < 4.78 is 0. The lowest BCUT2D eigenvalue weighted by molar-refractivity contribution is 0.820. The van der Waals surface area contributed by atoms with Crippen molar-refractivity contribution in [3.8, 4) is 0 Å². The summed E-state index contributed by atoms with van der Waals surface area (Å²) in [6, 6.07) is 0.327. The molecule has 0 aromatic rings. The molecule has 0 saturated carbocycles. The van der Waals surface area contributed by atoms with E-state index in [0.29, 0.717) is 6.04 Å². The largest absolute Gasteiger partial charge is 0.381 e. The van der Waals surface area contributed by atoms with E-state index in [1.165, 1.54) is 12.6 Å². The first-order valence-electron chi connectivity index (χ1n) is 3.64. The highest BCUT2D eigenvalue weighted by Crippen LogP contribution is 2.01. The van der Waals surface area contributed by atoms with Gasteiger partial charge in [0.05, 0.1) is 6.04 Å². The molecule has 62 valence electrons. The molecule has 2 heteroatoms. The third-order valence-electron chi connectivity index (χ3n) is 1.32. The Balaban J connectivity index is 0.000000461. The van der Waals surface area contributed by atoms with Gasteiger partial charge < -0.3 is 11.1 Å². The summed E-state index contributed by atoms with van der Waals surface area (Å²) in [6.07, 6.45) is 8.04. The van der Waals surface area contributed by atoms with E-state index in [2.05, 4.69) is 36.7 Å². The van der Waals surface area contributed by atoms with Crippen LogP contribution in [0.1, 0.15) is 6.92 Å². The predicted molar refractivity (Wildman–Crippen MR) is 50.1 cm³/mol. The van der Waals surface area contributed by atoms with E-state index in [0.717, 1.165) is 0 Å². The Morgan fingerprint density at radius 2 is 2.27 bits per heavy atom. The van der Waals surface area contributed by atoms with Crippen LogP contribution < -0.4 is 11.1 Å². The molecule has 0 aliphatic carbocycles. The standard InChI is InChI=1S/C8H11N.CH5N/c1-3-8-5-4-7(2)6-9-8;1-2/h3-6,8-9H,1H2,2H3;2H2,1H3. The number of dihydropyridines is 1. The molecule has 0 aromatic heterocycles. The average molecular weight is 152 g/mol. The van der Waals surface area contributed by atoms with E-state index in [4.69, 9.17) is 0 Å². The molecular weight excluding hydrogens is 136 g/mol. The second-order valence-electron chi connectivity index (χ2n) is 2.18. The van der Waals surface area contributed by atoms with Crippen molar-refractivity contribution in [3.05, 3.63) is 36.6 Å². The summed E-state index contributed by atoms with van der Waals surface area (Å²) in [7, 11) is 1.50. The fraction of sp³-hybridized carbons (Fsp3) is 0.333. The summed E-state index contributed by atoms with van der Waals surface area (Å²) in [5.41, 5.74) is 5.76. The van der Waals surface area contributed by atoms with Gasteiger partial charge in [-0.15, -0.1) is 6.58 Å². The van der Waals surface area contributed by atoms with Gasteiger partial charge in [0.1, 0.15) is 0 Å². The van der Waals surface area contributed by atoms with Gasteiger partial charge in [0.2, 0.25) is 0 Å². The Hall–Kier alpha value is -1.02. The van der Waals surface area contributed by atoms with Crippen molar-refractivity contribution in [2.24, 2.45) is 5.73 Å². The minimum atomic E-state index is 0.327. The van der Waals surface area contributed by atoms with Gasteiger partial charge in [0, 0.05) is 6.20 Å². The van der Waals surface area contributed by atoms with Crippen LogP contribution in [-0.4, -0.2) is 13.1 Å². The Kier molecular flexibility index (Phi) is 5.21. The van der Waals surface area contributed by atoms with Gasteiger partial charge in [0.25, 0.3) is 0 Å². The summed E-state index contributed by atoms with van der Waals surface area (Å²) in [6.45, 7) is 5.72. The SMILES string of the molecule is C=CC1C=CC(C)=CN1.CN. The van der Waals surface area contributed by atoms with E-state index in [1.807, 2.05) is 12.3 Å². The average Bonchev–Trinajstić information content (AvgIpc) is 2.10. The van der Waals surface area contributed by atoms with Gasteiger partial charge in [0.15, 0.2) is 0 Å². The lowest BCUT2D eigenvalue weighted by Crippen LogP contribution is -2.21. The van der Waals surface area contributed by atoms with Crippen LogP contribution >= 0.6 is 0 Å². The fourth-order valence-corrected chi connectivity index (χ4v) is 0.733. The van der Waals surface area contributed by atoms with Gasteiger partial charge in [-0.05, 0) is 19.5 Å². The van der Waals surface area contributed by atoms with E-state index >= 15 is 0 Å². The Morgan fingerprint density at radius 3 is 2.64 bits per heavy atom. The van der Waals surface area contributed by atoms with Crippen LogP contribution in [0, 0.1) is 0 Å². The predicted octanol–water partition coefficient (Wildman–Crippen LogP) is 1.18. The summed E-state index contributed by atoms with van der Waals surface area (Å²) in [4.78, 5) is 0. The zero-order chi connectivity index (χ0) is 8.69. The van der Waals surface area contributed by atoms with E-state index in [9.17, 15) is 0 Å². The Bertz CT molecular complexity index is 168. The minimum absolute atomic E-state index is 0.327. The molecule has 1 rings (SSSR count). The lowest BCUT2D eigenvalue weighted by atomic mass is 10.1. The van der Waals surface area contributed by atoms with Crippen molar-refractivity contribution in [1.82, 2.24) is 5.32 Å². The lowest BCUT2D eigenvalue weighted by Gasteiger charge is -2.12. The third kappa shape index (κ3) is 3.63. The van der Waals surface area contributed by atoms with Crippen molar-refractivity contribution in [2.45, 2.75) is 13.0 Å². The van der Waals surface area contributed by atoms with Crippen LogP contribution in [0.5, 0.6) is 0 Å². The number of hydrogen-bond donors (Lipinski definition) is 2. The van der Waals surface area contributed by atoms with Crippen LogP contribution in [0.15, 0.2) is 36.6 Å². The Labute approximate surface area is 68.5 Å². The monoisotopic (exact) mass is 152 g/mol. The van der Waals surface area contributed by atoms with Crippen molar-refractivity contribution >= 4 is 0 Å². The molecule has 1 aliphatic heterocycles. The van der Waals surface area contributed by atoms with Gasteiger partial charge in [-0.2, -0.15) is 0 Å². The maximum absolute atomic E-state index is 4.50. The van der Waals surface area contributed by atoms with Crippen molar-refractivity contribution < 1.29 is 0 Å². The molecule has 2 nitrogen and oxygen atoms in total. The zero-order valence-electron chi connectivity index (χ0n) is 7.17. The van der Waals surface area contributed by atoms with E-state index in [1.54, 1.807) is 0 Å². The minimum Gasteiger partial charge on any atom is -0.381 e. The molecule has 1 aliphatic rings. The molecule has 3 N–H and O–H groups in total. The van der Waals surface area contributed by atoms with Crippen molar-refractivity contribution in [1.29, 1.82) is 0 Å². The molecule has 11 heavy (non-hydrogen) atoms. The number of allylic oxidation sites excluding steroid dienone is 2. The first kappa shape index (κ1) is 9.98. The molecule has 0 spiro atoms. The highest BCUT2D eigenvalue weighted by molar-refractivity contribution is 5.24. The first-order chi connectivity index (χ1) is 5.33. The summed E-state index contributed by atoms with van der Waals surface area (Å²) in [5, 5.41) is 3.15. The van der Waals surface area contributed by atoms with Crippen LogP contribution in [0.4, 0.5) is 0 Å². The van der Waals surface area contributed by atoms with Gasteiger partial charge >= 0.3 is 0 Å². The normalized spacial score (nSPS) is 20.6. The molecule has 0 saturated heterocycles. The smallest absolute Gasteiger partial charge is 0.0623 e. The van der Waals surface area contributed by atoms with Crippen LogP contribution in [0.2, 0.25) is 0 Å². The summed E-state index contributed by atoms with van der Waals surface area (Å²) >= 11 is 0. The van der Waals surface area contributed by atoms with Crippen LogP contribution in [-0.2, 0) is 0 Å². The molecule has 1 heterocycles. The first-order valence-corrected chi connectivity index (χ1v) is 3.64. The van der Waals surface area contributed by atoms with Crippen LogP contribution in [0.3, 0.4) is 0 Å². The third-order valence-corrected chi connectivity index (χ3v) is 1.32. The maximum Gasteiger partial charge on any atom is 0.0623 e. The molecule has 0 fully saturated rings. The summed E-state index contributed by atoms with van der Waals surface area (Å²) in [5.74, 6) is 0. The molecular formula is C9H16N2. The molecule has 0 bridgehead atoms. The molecule has 0 radical (unpaired) electrons. The molecule has 0 aromatic carbocycles. The number of nitrogens with two attached hydrogens (primary N) is 1. The molecule has 0 amide bonds. The van der Waals surface area contributed by atoms with Gasteiger partial charge in [-0.3, -0.25) is 0 Å².